The number of nitrogens with one attached hydrogen (secondary N) is 3. The summed E-state index contributed by atoms with van der Waals surface area (Å²) in [6, 6.07) is 7.73. The van der Waals surface area contributed by atoms with E-state index in [9.17, 15) is 4.79 Å². The fraction of sp³-hybridized carbons (Fsp3) is 0.381. The molecule has 1 aliphatic heterocycles. The molecular weight excluding hydrogens is 404 g/mol. The van der Waals surface area contributed by atoms with Crippen LogP contribution in [0.4, 0.5) is 5.69 Å². The molecule has 1 saturated heterocycles. The number of imidazole rings is 1. The van der Waals surface area contributed by atoms with Crippen LogP contribution < -0.4 is 15.4 Å². The normalized spacial score (nSPS) is 17.1. The van der Waals surface area contributed by atoms with Crippen LogP contribution in [0, 0.1) is 0 Å². The van der Waals surface area contributed by atoms with Gasteiger partial charge < -0.3 is 25.3 Å². The zero-order valence-corrected chi connectivity index (χ0v) is 17.8. The number of nitrogens with zero attached hydrogens (tertiary/aromatic N) is 3. The number of carbonyl (C=O) groups is 1. The molecule has 0 spiro atoms. The van der Waals surface area contributed by atoms with E-state index in [-0.39, 0.29) is 12.5 Å². The highest BCUT2D eigenvalue weighted by atomic mass is 35.5. The maximum atomic E-state index is 11.3. The summed E-state index contributed by atoms with van der Waals surface area (Å²) < 4.78 is 5.45. The van der Waals surface area contributed by atoms with E-state index in [1.54, 1.807) is 13.2 Å². The third kappa shape index (κ3) is 4.49. The first-order valence-corrected chi connectivity index (χ1v) is 10.3. The molecule has 4 rings (SSSR count). The van der Waals surface area contributed by atoms with E-state index in [1.165, 1.54) is 0 Å². The number of benzene rings is 1. The molecule has 0 radical (unpaired) electrons. The van der Waals surface area contributed by atoms with E-state index in [0.29, 0.717) is 28.3 Å². The first-order chi connectivity index (χ1) is 14.5. The van der Waals surface area contributed by atoms with E-state index in [1.807, 2.05) is 24.3 Å². The molecule has 3 heterocycles. The second kappa shape index (κ2) is 8.89. The Hall–Kier alpha value is -2.84. The van der Waals surface area contributed by atoms with Crippen molar-refractivity contribution in [2.24, 2.45) is 0 Å². The van der Waals surface area contributed by atoms with Crippen molar-refractivity contribution >= 4 is 34.4 Å². The van der Waals surface area contributed by atoms with Gasteiger partial charge in [-0.25, -0.2) is 9.97 Å². The summed E-state index contributed by atoms with van der Waals surface area (Å²) in [5, 5.41) is 6.68. The van der Waals surface area contributed by atoms with Crippen molar-refractivity contribution in [3.05, 3.63) is 35.5 Å². The van der Waals surface area contributed by atoms with Crippen LogP contribution in [0.1, 0.15) is 12.8 Å². The molecule has 0 aliphatic carbocycles. The van der Waals surface area contributed by atoms with Gasteiger partial charge in [-0.2, -0.15) is 0 Å². The van der Waals surface area contributed by atoms with E-state index >= 15 is 0 Å². The average molecular weight is 429 g/mol. The fourth-order valence-electron chi connectivity index (χ4n) is 3.63. The predicted molar refractivity (Wildman–Crippen MR) is 118 cm³/mol. The average Bonchev–Trinajstić information content (AvgIpc) is 3.19. The quantitative estimate of drug-likeness (QED) is 0.558. The molecule has 1 aliphatic rings. The molecule has 0 unspecified atom stereocenters. The van der Waals surface area contributed by atoms with Gasteiger partial charge in [0, 0.05) is 25.2 Å². The number of amides is 1. The van der Waals surface area contributed by atoms with Crippen molar-refractivity contribution < 1.29 is 9.53 Å². The number of H-pyrrole nitrogens is 1. The number of likely N-dealkylation sites (tertiary alicyclic amines) is 1. The van der Waals surface area contributed by atoms with Gasteiger partial charge in [0.2, 0.25) is 0 Å². The number of anilines is 1. The largest absolute Gasteiger partial charge is 0.484 e. The standard InChI is InChI=1S/C21H25ClN6O2/c1-23-17(29)12-30-15-7-5-13(6-8-15)20-26-19-18(16(22)10-24-21(19)27-20)25-14-4-3-9-28(2)11-14/h5-8,10,14H,3-4,9,11-12H2,1-2H3,(H,23,29)(H2,24,25,26,27)/t14-/m1/s1. The highest BCUT2D eigenvalue weighted by Gasteiger charge is 2.20. The third-order valence-corrected chi connectivity index (χ3v) is 5.51. The number of hydrogen-bond acceptors (Lipinski definition) is 6. The molecule has 1 aromatic carbocycles. The van der Waals surface area contributed by atoms with Gasteiger partial charge in [-0.1, -0.05) is 11.6 Å². The molecule has 1 atom stereocenters. The van der Waals surface area contributed by atoms with Gasteiger partial charge in [0.1, 0.15) is 17.1 Å². The molecule has 3 aromatic rings. The van der Waals surface area contributed by atoms with Crippen LogP contribution in [0.2, 0.25) is 5.02 Å². The lowest BCUT2D eigenvalue weighted by atomic mass is 10.1. The van der Waals surface area contributed by atoms with Crippen molar-refractivity contribution in [3.63, 3.8) is 0 Å². The van der Waals surface area contributed by atoms with Gasteiger partial charge in [-0.05, 0) is 50.7 Å². The second-order valence-corrected chi connectivity index (χ2v) is 7.90. The summed E-state index contributed by atoms with van der Waals surface area (Å²) in [5.74, 6) is 1.13. The molecule has 30 heavy (non-hydrogen) atoms. The first-order valence-electron chi connectivity index (χ1n) is 9.96. The van der Waals surface area contributed by atoms with Crippen molar-refractivity contribution in [1.82, 2.24) is 25.2 Å². The van der Waals surface area contributed by atoms with Gasteiger partial charge in [0.25, 0.3) is 5.91 Å². The zero-order chi connectivity index (χ0) is 21.1. The van der Waals surface area contributed by atoms with Gasteiger partial charge in [-0.3, -0.25) is 4.79 Å². The van der Waals surface area contributed by atoms with Gasteiger partial charge in [0.15, 0.2) is 12.3 Å². The number of piperidine rings is 1. The van der Waals surface area contributed by atoms with Crippen LogP contribution >= 0.6 is 11.6 Å². The zero-order valence-electron chi connectivity index (χ0n) is 17.0. The van der Waals surface area contributed by atoms with Crippen LogP contribution in [0.3, 0.4) is 0 Å². The van der Waals surface area contributed by atoms with Crippen molar-refractivity contribution in [3.8, 4) is 17.1 Å². The van der Waals surface area contributed by atoms with Crippen LogP contribution in [0.5, 0.6) is 5.75 Å². The molecule has 3 N–H and O–H groups in total. The van der Waals surface area contributed by atoms with Crippen molar-refractivity contribution in [2.45, 2.75) is 18.9 Å². The van der Waals surface area contributed by atoms with Gasteiger partial charge in [-0.15, -0.1) is 0 Å². The number of halogens is 1. The smallest absolute Gasteiger partial charge is 0.257 e. The Kier molecular flexibility index (Phi) is 6.06. The Morgan fingerprint density at radius 3 is 2.90 bits per heavy atom. The number of hydrogen-bond donors (Lipinski definition) is 3. The summed E-state index contributed by atoms with van der Waals surface area (Å²) in [6.07, 6.45) is 3.89. The molecule has 158 valence electrons. The maximum Gasteiger partial charge on any atom is 0.257 e. The molecule has 0 bridgehead atoms. The number of aromatic amines is 1. The van der Waals surface area contributed by atoms with Gasteiger partial charge in [0.05, 0.1) is 16.9 Å². The Morgan fingerprint density at radius 2 is 2.17 bits per heavy atom. The number of fused-ring (bicyclic) bond motifs is 1. The summed E-state index contributed by atoms with van der Waals surface area (Å²) >= 11 is 6.47. The fourth-order valence-corrected chi connectivity index (χ4v) is 3.83. The minimum atomic E-state index is -0.177. The third-order valence-electron chi connectivity index (χ3n) is 5.22. The molecule has 2 aromatic heterocycles. The minimum absolute atomic E-state index is 0.0196. The van der Waals surface area contributed by atoms with E-state index < -0.39 is 0 Å². The number of likely N-dealkylation sites (N-methyl/N-ethyl adjacent to an activating group) is 2. The van der Waals surface area contributed by atoms with Crippen LogP contribution in [0.25, 0.3) is 22.6 Å². The van der Waals surface area contributed by atoms with Gasteiger partial charge >= 0.3 is 0 Å². The number of pyridine rings is 1. The Labute approximate surface area is 180 Å². The summed E-state index contributed by atoms with van der Waals surface area (Å²) in [6.45, 7) is 2.07. The van der Waals surface area contributed by atoms with E-state index in [4.69, 9.17) is 16.3 Å². The first kappa shape index (κ1) is 20.4. The highest BCUT2D eigenvalue weighted by Crippen LogP contribution is 2.32. The SMILES string of the molecule is CNC(=O)COc1ccc(-c2nc3ncc(Cl)c(N[C@@H]4CCCN(C)C4)c3[nH]2)cc1. The van der Waals surface area contributed by atoms with E-state index in [2.05, 4.69) is 37.5 Å². The molecule has 8 nitrogen and oxygen atoms in total. The monoisotopic (exact) mass is 428 g/mol. The van der Waals surface area contributed by atoms with Crippen LogP contribution in [-0.2, 0) is 4.79 Å². The molecule has 0 saturated carbocycles. The second-order valence-electron chi connectivity index (χ2n) is 7.50. The lowest BCUT2D eigenvalue weighted by Crippen LogP contribution is -2.39. The number of aromatic nitrogens is 3. The highest BCUT2D eigenvalue weighted by molar-refractivity contribution is 6.34. The van der Waals surface area contributed by atoms with E-state index in [0.717, 1.165) is 42.7 Å². The summed E-state index contributed by atoms with van der Waals surface area (Å²) in [4.78, 5) is 26.0. The lowest BCUT2D eigenvalue weighted by Gasteiger charge is -2.31. The Bertz CT molecular complexity index is 1040. The maximum absolute atomic E-state index is 11.3. The van der Waals surface area contributed by atoms with Crippen LogP contribution in [-0.4, -0.2) is 65.6 Å². The predicted octanol–water partition coefficient (Wildman–Crippen LogP) is 2.91. The summed E-state index contributed by atoms with van der Waals surface area (Å²) in [5.41, 5.74) is 3.14. The Morgan fingerprint density at radius 1 is 1.37 bits per heavy atom. The molecular formula is C21H25ClN6O2. The van der Waals surface area contributed by atoms with Crippen molar-refractivity contribution in [1.29, 1.82) is 0 Å². The number of rotatable bonds is 6. The molecule has 1 fully saturated rings. The number of ether oxygens (including phenoxy) is 1. The Balaban J connectivity index is 1.56. The molecule has 9 heteroatoms. The number of carbonyl (C=O) groups excluding carboxylic acids is 1. The summed E-state index contributed by atoms with van der Waals surface area (Å²) in [7, 11) is 3.71. The van der Waals surface area contributed by atoms with Crippen LogP contribution in [0.15, 0.2) is 30.5 Å². The van der Waals surface area contributed by atoms with Crippen molar-refractivity contribution in [2.75, 3.05) is 39.1 Å². The topological polar surface area (TPSA) is 95.2 Å². The minimum Gasteiger partial charge on any atom is -0.484 e. The lowest BCUT2D eigenvalue weighted by molar-refractivity contribution is -0.122. The molecule has 1 amide bonds.